The number of amides is 1. The number of hydrogen-bond acceptors (Lipinski definition) is 4. The molecule has 6 heteroatoms. The summed E-state index contributed by atoms with van der Waals surface area (Å²) in [6, 6.07) is 7.08. The van der Waals surface area contributed by atoms with Crippen LogP contribution in [0.5, 0.6) is 5.75 Å². The maximum Gasteiger partial charge on any atom is 0.306 e. The molecule has 0 unspecified atom stereocenters. The second kappa shape index (κ2) is 8.01. The van der Waals surface area contributed by atoms with Crippen LogP contribution < -0.4 is 4.18 Å². The summed E-state index contributed by atoms with van der Waals surface area (Å²) in [6.07, 6.45) is 6.20. The first-order valence-corrected chi connectivity index (χ1v) is 10.4. The molecule has 0 aliphatic heterocycles. The maximum atomic E-state index is 12.8. The lowest BCUT2D eigenvalue weighted by atomic mass is 10.0. The van der Waals surface area contributed by atoms with E-state index in [2.05, 4.69) is 13.8 Å². The molecule has 1 amide bonds. The van der Waals surface area contributed by atoms with Crippen LogP contribution in [0.15, 0.2) is 24.3 Å². The molecule has 1 saturated carbocycles. The summed E-state index contributed by atoms with van der Waals surface area (Å²) in [7, 11) is -3.52. The van der Waals surface area contributed by atoms with Crippen molar-refractivity contribution >= 4 is 16.0 Å². The molecular formula is C18H27NO4S. The fraction of sp³-hybridized carbons (Fsp3) is 0.611. The zero-order chi connectivity index (χ0) is 17.7. The summed E-state index contributed by atoms with van der Waals surface area (Å²) in [5.41, 5.74) is 0.975. The van der Waals surface area contributed by atoms with E-state index in [-0.39, 0.29) is 17.9 Å². The van der Waals surface area contributed by atoms with Crippen molar-refractivity contribution in [3.8, 4) is 5.75 Å². The zero-order valence-electron chi connectivity index (χ0n) is 14.7. The van der Waals surface area contributed by atoms with Gasteiger partial charge >= 0.3 is 10.1 Å². The average Bonchev–Trinajstić information content (AvgIpc) is 3.06. The van der Waals surface area contributed by atoms with Gasteiger partial charge in [-0.1, -0.05) is 31.9 Å². The molecule has 0 radical (unpaired) electrons. The lowest BCUT2D eigenvalue weighted by Crippen LogP contribution is -2.40. The summed E-state index contributed by atoms with van der Waals surface area (Å²) in [4.78, 5) is 14.8. The molecule has 0 saturated heterocycles. The molecule has 0 bridgehead atoms. The Labute approximate surface area is 145 Å². The van der Waals surface area contributed by atoms with E-state index in [1.165, 1.54) is 0 Å². The molecule has 1 aliphatic carbocycles. The predicted octanol–water partition coefficient (Wildman–Crippen LogP) is 3.34. The van der Waals surface area contributed by atoms with E-state index in [1.807, 2.05) is 17.0 Å². The highest BCUT2D eigenvalue weighted by molar-refractivity contribution is 7.86. The minimum absolute atomic E-state index is 0.159. The molecular weight excluding hydrogens is 326 g/mol. The lowest BCUT2D eigenvalue weighted by molar-refractivity contribution is -0.138. The normalized spacial score (nSPS) is 16.8. The van der Waals surface area contributed by atoms with Crippen molar-refractivity contribution < 1.29 is 17.4 Å². The lowest BCUT2D eigenvalue weighted by Gasteiger charge is -2.31. The van der Waals surface area contributed by atoms with Gasteiger partial charge in [-0.05, 0) is 43.9 Å². The van der Waals surface area contributed by atoms with Gasteiger partial charge in [0.1, 0.15) is 5.75 Å². The van der Waals surface area contributed by atoms with Gasteiger partial charge in [-0.3, -0.25) is 4.79 Å². The summed E-state index contributed by atoms with van der Waals surface area (Å²) < 4.78 is 27.2. The molecule has 5 nitrogen and oxygen atoms in total. The van der Waals surface area contributed by atoms with Crippen LogP contribution in [-0.2, 0) is 21.5 Å². The quantitative estimate of drug-likeness (QED) is 0.705. The second-order valence-corrected chi connectivity index (χ2v) is 8.21. The SMILES string of the molecule is CC[C@H](C)N(Cc1ccc(OS(C)(=O)=O)cc1)C(=O)C1CCCC1. The van der Waals surface area contributed by atoms with E-state index in [1.54, 1.807) is 12.1 Å². The Morgan fingerprint density at radius 2 is 1.83 bits per heavy atom. The first kappa shape index (κ1) is 18.8. The molecule has 1 aromatic carbocycles. The van der Waals surface area contributed by atoms with Crippen molar-refractivity contribution in [3.05, 3.63) is 29.8 Å². The molecule has 0 aromatic heterocycles. The molecule has 1 aromatic rings. The van der Waals surface area contributed by atoms with Gasteiger partial charge in [-0.15, -0.1) is 0 Å². The van der Waals surface area contributed by atoms with E-state index < -0.39 is 10.1 Å². The Bertz CT molecular complexity index is 648. The second-order valence-electron chi connectivity index (χ2n) is 6.64. The fourth-order valence-electron chi connectivity index (χ4n) is 3.10. The predicted molar refractivity (Wildman–Crippen MR) is 94.2 cm³/mol. The minimum Gasteiger partial charge on any atom is -0.383 e. The molecule has 0 spiro atoms. The standard InChI is InChI=1S/C18H27NO4S/c1-4-14(2)19(18(20)16-7-5-6-8-16)13-15-9-11-17(12-10-15)23-24(3,21)22/h9-12,14,16H,4-8,13H2,1-3H3/t14-/m0/s1. The van der Waals surface area contributed by atoms with Gasteiger partial charge in [0.2, 0.25) is 5.91 Å². The maximum absolute atomic E-state index is 12.8. The summed E-state index contributed by atoms with van der Waals surface area (Å²) >= 11 is 0. The highest BCUT2D eigenvalue weighted by Gasteiger charge is 2.29. The van der Waals surface area contributed by atoms with Crippen molar-refractivity contribution in [2.75, 3.05) is 6.26 Å². The molecule has 1 fully saturated rings. The van der Waals surface area contributed by atoms with Gasteiger partial charge < -0.3 is 9.08 Å². The van der Waals surface area contributed by atoms with Gasteiger partial charge in [0.05, 0.1) is 6.26 Å². The third-order valence-corrected chi connectivity index (χ3v) is 5.13. The van der Waals surface area contributed by atoms with Crippen molar-refractivity contribution in [1.82, 2.24) is 4.90 Å². The molecule has 0 heterocycles. The number of rotatable bonds is 7. The number of carbonyl (C=O) groups is 1. The van der Waals surface area contributed by atoms with Crippen LogP contribution >= 0.6 is 0 Å². The van der Waals surface area contributed by atoms with Crippen LogP contribution in [0.1, 0.15) is 51.5 Å². The number of benzene rings is 1. The Morgan fingerprint density at radius 1 is 1.25 bits per heavy atom. The third kappa shape index (κ3) is 5.23. The van der Waals surface area contributed by atoms with Gasteiger partial charge in [0.15, 0.2) is 0 Å². The van der Waals surface area contributed by atoms with Gasteiger partial charge in [0.25, 0.3) is 0 Å². The highest BCUT2D eigenvalue weighted by Crippen LogP contribution is 2.28. The average molecular weight is 353 g/mol. The first-order chi connectivity index (χ1) is 11.3. The Hall–Kier alpha value is -1.56. The van der Waals surface area contributed by atoms with Crippen LogP contribution in [0.25, 0.3) is 0 Å². The largest absolute Gasteiger partial charge is 0.383 e. The molecule has 134 valence electrons. The minimum atomic E-state index is -3.52. The van der Waals surface area contributed by atoms with Gasteiger partial charge in [-0.25, -0.2) is 0 Å². The summed E-state index contributed by atoms with van der Waals surface area (Å²) in [5.74, 6) is 0.698. The summed E-state index contributed by atoms with van der Waals surface area (Å²) in [5, 5.41) is 0. The van der Waals surface area contributed by atoms with E-state index in [4.69, 9.17) is 4.18 Å². The van der Waals surface area contributed by atoms with Crippen LogP contribution in [0.2, 0.25) is 0 Å². The Morgan fingerprint density at radius 3 is 2.33 bits per heavy atom. The van der Waals surface area contributed by atoms with Crippen LogP contribution in [-0.4, -0.2) is 31.5 Å². The summed E-state index contributed by atoms with van der Waals surface area (Å²) in [6.45, 7) is 4.71. The number of hydrogen-bond donors (Lipinski definition) is 0. The molecule has 1 aliphatic rings. The monoisotopic (exact) mass is 353 g/mol. The Kier molecular flexibility index (Phi) is 6.27. The highest BCUT2D eigenvalue weighted by atomic mass is 32.2. The molecule has 24 heavy (non-hydrogen) atoms. The fourth-order valence-corrected chi connectivity index (χ4v) is 3.56. The van der Waals surface area contributed by atoms with Gasteiger partial charge in [0, 0.05) is 18.5 Å². The van der Waals surface area contributed by atoms with E-state index in [9.17, 15) is 13.2 Å². The van der Waals surface area contributed by atoms with Crippen molar-refractivity contribution in [3.63, 3.8) is 0 Å². The smallest absolute Gasteiger partial charge is 0.306 e. The number of nitrogens with zero attached hydrogens (tertiary/aromatic N) is 1. The Balaban J connectivity index is 2.09. The van der Waals surface area contributed by atoms with E-state index >= 15 is 0 Å². The van der Waals surface area contributed by atoms with Crippen LogP contribution in [0.4, 0.5) is 0 Å². The van der Waals surface area contributed by atoms with Crippen molar-refractivity contribution in [1.29, 1.82) is 0 Å². The zero-order valence-corrected chi connectivity index (χ0v) is 15.5. The molecule has 1 atom stereocenters. The topological polar surface area (TPSA) is 63.7 Å². The van der Waals surface area contributed by atoms with Crippen LogP contribution in [0.3, 0.4) is 0 Å². The molecule has 2 rings (SSSR count). The number of carbonyl (C=O) groups excluding carboxylic acids is 1. The van der Waals surface area contributed by atoms with E-state index in [0.717, 1.165) is 43.9 Å². The third-order valence-electron chi connectivity index (χ3n) is 4.63. The first-order valence-electron chi connectivity index (χ1n) is 8.59. The van der Waals surface area contributed by atoms with Crippen molar-refractivity contribution in [2.45, 2.75) is 58.5 Å². The van der Waals surface area contributed by atoms with Crippen LogP contribution in [0, 0.1) is 5.92 Å². The van der Waals surface area contributed by atoms with Gasteiger partial charge in [-0.2, -0.15) is 8.42 Å². The van der Waals surface area contributed by atoms with Crippen molar-refractivity contribution in [2.24, 2.45) is 5.92 Å². The van der Waals surface area contributed by atoms with E-state index in [0.29, 0.717) is 12.3 Å². The molecule has 0 N–H and O–H groups in total.